The summed E-state index contributed by atoms with van der Waals surface area (Å²) in [7, 11) is 0. The summed E-state index contributed by atoms with van der Waals surface area (Å²) in [5, 5.41) is 13.3. The molecule has 3 aromatic rings. The quantitative estimate of drug-likeness (QED) is 0.732. The predicted octanol–water partition coefficient (Wildman–Crippen LogP) is 3.13. The average Bonchev–Trinajstić information content (AvgIpc) is 2.97. The molecule has 0 atom stereocenters. The molecule has 1 heterocycles. The Morgan fingerprint density at radius 2 is 1.95 bits per heavy atom. The minimum absolute atomic E-state index is 0.0341. The number of hydrogen-bond acceptors (Lipinski definition) is 3. The van der Waals surface area contributed by atoms with E-state index < -0.39 is 5.82 Å². The summed E-state index contributed by atoms with van der Waals surface area (Å²) >= 11 is 0. The fraction of sp³-hybridized carbons (Fsp3) is 0. The van der Waals surface area contributed by atoms with Gasteiger partial charge in [0.2, 0.25) is 0 Å². The van der Waals surface area contributed by atoms with Gasteiger partial charge in [-0.05, 0) is 18.2 Å². The molecule has 2 aromatic carbocycles. The molecule has 102 valence electrons. The van der Waals surface area contributed by atoms with E-state index in [0.29, 0.717) is 11.4 Å². The van der Waals surface area contributed by atoms with Crippen LogP contribution in [0.15, 0.2) is 54.9 Å². The highest BCUT2D eigenvalue weighted by Crippen LogP contribution is 2.26. The topological polar surface area (TPSA) is 67.6 Å². The molecular weight excluding hydrogens is 267 g/mol. The minimum atomic E-state index is -0.564. The zero-order valence-electron chi connectivity index (χ0n) is 11.0. The van der Waals surface area contributed by atoms with Gasteiger partial charge in [-0.25, -0.2) is 9.07 Å². The summed E-state index contributed by atoms with van der Waals surface area (Å²) in [6, 6.07) is 13.7. The number of rotatable bonds is 2. The van der Waals surface area contributed by atoms with Crippen LogP contribution in [0.2, 0.25) is 0 Å². The Bertz CT molecular complexity index is 845. The van der Waals surface area contributed by atoms with E-state index in [2.05, 4.69) is 5.10 Å². The first kappa shape index (κ1) is 12.9. The molecule has 3 rings (SSSR count). The predicted molar refractivity (Wildman–Crippen MR) is 78.1 cm³/mol. The van der Waals surface area contributed by atoms with Crippen molar-refractivity contribution in [1.82, 2.24) is 9.78 Å². The van der Waals surface area contributed by atoms with Crippen LogP contribution in [0, 0.1) is 17.1 Å². The van der Waals surface area contributed by atoms with Gasteiger partial charge < -0.3 is 5.73 Å². The van der Waals surface area contributed by atoms with E-state index in [1.165, 1.54) is 10.7 Å². The van der Waals surface area contributed by atoms with Crippen LogP contribution in [0.4, 0.5) is 10.1 Å². The van der Waals surface area contributed by atoms with Crippen LogP contribution in [-0.2, 0) is 0 Å². The van der Waals surface area contributed by atoms with E-state index in [1.807, 2.05) is 24.3 Å². The van der Waals surface area contributed by atoms with Crippen LogP contribution in [0.25, 0.3) is 16.8 Å². The molecule has 0 fully saturated rings. The Hall–Kier alpha value is -3.13. The fourth-order valence-electron chi connectivity index (χ4n) is 2.17. The van der Waals surface area contributed by atoms with Crippen LogP contribution in [0.5, 0.6) is 0 Å². The molecule has 0 saturated heterocycles. The molecular formula is C16H11FN4. The van der Waals surface area contributed by atoms with Crippen molar-refractivity contribution in [1.29, 1.82) is 5.26 Å². The van der Waals surface area contributed by atoms with Gasteiger partial charge >= 0.3 is 0 Å². The van der Waals surface area contributed by atoms with E-state index in [4.69, 9.17) is 11.0 Å². The van der Waals surface area contributed by atoms with Crippen LogP contribution in [-0.4, -0.2) is 9.78 Å². The molecule has 4 nitrogen and oxygen atoms in total. The molecule has 0 aliphatic heterocycles. The number of nitrogens with zero attached hydrogens (tertiary/aromatic N) is 3. The third-order valence-corrected chi connectivity index (χ3v) is 3.20. The maximum atomic E-state index is 13.6. The molecule has 2 N–H and O–H groups in total. The third kappa shape index (κ3) is 2.23. The second-order valence-corrected chi connectivity index (χ2v) is 4.51. The van der Waals surface area contributed by atoms with Gasteiger partial charge in [-0.15, -0.1) is 0 Å². The van der Waals surface area contributed by atoms with Crippen molar-refractivity contribution in [2.45, 2.75) is 0 Å². The summed E-state index contributed by atoms with van der Waals surface area (Å²) in [6.45, 7) is 0. The summed E-state index contributed by atoms with van der Waals surface area (Å²) < 4.78 is 15.1. The third-order valence-electron chi connectivity index (χ3n) is 3.20. The van der Waals surface area contributed by atoms with E-state index in [-0.39, 0.29) is 5.56 Å². The van der Waals surface area contributed by atoms with Gasteiger partial charge in [0.1, 0.15) is 17.4 Å². The highest BCUT2D eigenvalue weighted by Gasteiger charge is 2.12. The van der Waals surface area contributed by atoms with Gasteiger partial charge in [0.05, 0.1) is 11.9 Å². The van der Waals surface area contributed by atoms with E-state index in [1.54, 1.807) is 30.6 Å². The van der Waals surface area contributed by atoms with Gasteiger partial charge in [0.25, 0.3) is 0 Å². The normalized spacial score (nSPS) is 10.3. The van der Waals surface area contributed by atoms with E-state index in [9.17, 15) is 4.39 Å². The van der Waals surface area contributed by atoms with Crippen molar-refractivity contribution in [2.24, 2.45) is 0 Å². The lowest BCUT2D eigenvalue weighted by Crippen LogP contribution is -1.99. The molecule has 0 aliphatic carbocycles. The first-order valence-electron chi connectivity index (χ1n) is 6.29. The van der Waals surface area contributed by atoms with Gasteiger partial charge in [-0.3, -0.25) is 0 Å². The first-order valence-corrected chi connectivity index (χ1v) is 6.29. The fourth-order valence-corrected chi connectivity index (χ4v) is 2.17. The molecule has 0 saturated carbocycles. The first-order chi connectivity index (χ1) is 10.2. The average molecular weight is 278 g/mol. The lowest BCUT2D eigenvalue weighted by atomic mass is 10.1. The largest absolute Gasteiger partial charge is 0.398 e. The highest BCUT2D eigenvalue weighted by atomic mass is 19.1. The van der Waals surface area contributed by atoms with Crippen molar-refractivity contribution in [3.05, 3.63) is 66.2 Å². The van der Waals surface area contributed by atoms with E-state index in [0.717, 1.165) is 11.1 Å². The minimum Gasteiger partial charge on any atom is -0.398 e. The maximum Gasteiger partial charge on any atom is 0.143 e. The number of nitrogen functional groups attached to an aromatic ring is 1. The second-order valence-electron chi connectivity index (χ2n) is 4.51. The van der Waals surface area contributed by atoms with Gasteiger partial charge in [0, 0.05) is 23.0 Å². The Morgan fingerprint density at radius 1 is 1.14 bits per heavy atom. The lowest BCUT2D eigenvalue weighted by molar-refractivity contribution is 0.621. The van der Waals surface area contributed by atoms with Crippen molar-refractivity contribution in [2.75, 3.05) is 5.73 Å². The molecule has 0 amide bonds. The Labute approximate surface area is 120 Å². The maximum absolute atomic E-state index is 13.6. The highest BCUT2D eigenvalue weighted by molar-refractivity contribution is 5.75. The molecule has 0 aliphatic rings. The Kier molecular flexibility index (Phi) is 3.13. The molecule has 5 heteroatoms. The van der Waals surface area contributed by atoms with Crippen LogP contribution in [0.3, 0.4) is 0 Å². The molecule has 0 bridgehead atoms. The molecule has 0 radical (unpaired) electrons. The van der Waals surface area contributed by atoms with Crippen LogP contribution >= 0.6 is 0 Å². The number of halogens is 1. The Balaban J connectivity index is 2.10. The summed E-state index contributed by atoms with van der Waals surface area (Å²) in [6.07, 6.45) is 3.36. The summed E-state index contributed by atoms with van der Waals surface area (Å²) in [5.74, 6) is -0.564. The second kappa shape index (κ2) is 5.10. The number of benzene rings is 2. The molecule has 0 spiro atoms. The molecule has 1 aromatic heterocycles. The van der Waals surface area contributed by atoms with Crippen molar-refractivity contribution < 1.29 is 4.39 Å². The number of nitrogens with two attached hydrogens (primary N) is 1. The van der Waals surface area contributed by atoms with Crippen molar-refractivity contribution in [3.8, 4) is 22.9 Å². The smallest absolute Gasteiger partial charge is 0.143 e. The zero-order chi connectivity index (χ0) is 14.8. The number of anilines is 1. The van der Waals surface area contributed by atoms with Crippen LogP contribution < -0.4 is 5.73 Å². The van der Waals surface area contributed by atoms with Crippen molar-refractivity contribution >= 4 is 5.69 Å². The van der Waals surface area contributed by atoms with Gasteiger partial charge in [-0.2, -0.15) is 10.4 Å². The number of aromatic nitrogens is 2. The van der Waals surface area contributed by atoms with Gasteiger partial charge in [-0.1, -0.05) is 24.3 Å². The summed E-state index contributed by atoms with van der Waals surface area (Å²) in [5.41, 5.74) is 8.59. The standard InChI is InChI=1S/C16H11FN4/c17-14-5-3-7-16(13(14)8-18)21-10-11(9-20-21)12-4-1-2-6-15(12)19/h1-7,9-10H,19H2. The van der Waals surface area contributed by atoms with Crippen LogP contribution in [0.1, 0.15) is 5.56 Å². The zero-order valence-corrected chi connectivity index (χ0v) is 11.0. The van der Waals surface area contributed by atoms with Gasteiger partial charge in [0.15, 0.2) is 0 Å². The van der Waals surface area contributed by atoms with Crippen molar-refractivity contribution in [3.63, 3.8) is 0 Å². The molecule has 0 unspecified atom stereocenters. The SMILES string of the molecule is N#Cc1c(F)cccc1-n1cc(-c2ccccc2N)cn1. The monoisotopic (exact) mass is 278 g/mol. The molecule has 21 heavy (non-hydrogen) atoms. The lowest BCUT2D eigenvalue weighted by Gasteiger charge is -2.04. The number of nitriles is 1. The van der Waals surface area contributed by atoms with E-state index >= 15 is 0 Å². The number of hydrogen-bond donors (Lipinski definition) is 1. The Morgan fingerprint density at radius 3 is 2.71 bits per heavy atom. The summed E-state index contributed by atoms with van der Waals surface area (Å²) in [4.78, 5) is 0. The number of para-hydroxylation sites is 1.